The summed E-state index contributed by atoms with van der Waals surface area (Å²) in [7, 11) is 0. The summed E-state index contributed by atoms with van der Waals surface area (Å²) in [5.74, 6) is -1.79. The fourth-order valence-corrected chi connectivity index (χ4v) is 4.12. The number of benzene rings is 1. The molecule has 0 bridgehead atoms. The van der Waals surface area contributed by atoms with Crippen LogP contribution in [0.2, 0.25) is 0 Å². The lowest BCUT2D eigenvalue weighted by Gasteiger charge is -2.21. The molecule has 3 rings (SSSR count). The molecule has 2 N–H and O–H groups in total. The maximum atomic E-state index is 12.9. The van der Waals surface area contributed by atoms with Gasteiger partial charge in [-0.15, -0.1) is 10.2 Å². The van der Waals surface area contributed by atoms with E-state index < -0.39 is 17.7 Å². The predicted molar refractivity (Wildman–Crippen MR) is 116 cm³/mol. The quantitative estimate of drug-likeness (QED) is 0.601. The molecule has 1 fully saturated rings. The van der Waals surface area contributed by atoms with E-state index in [1.54, 1.807) is 24.3 Å². The van der Waals surface area contributed by atoms with Crippen LogP contribution in [0.25, 0.3) is 0 Å². The van der Waals surface area contributed by atoms with E-state index in [0.717, 1.165) is 6.42 Å². The molecule has 3 amide bonds. The van der Waals surface area contributed by atoms with Crippen molar-refractivity contribution in [1.29, 1.82) is 0 Å². The van der Waals surface area contributed by atoms with Crippen LogP contribution >= 0.6 is 11.8 Å². The van der Waals surface area contributed by atoms with Gasteiger partial charge in [0.2, 0.25) is 17.7 Å². The number of rotatable bonds is 8. The highest BCUT2D eigenvalue weighted by molar-refractivity contribution is 7.98. The largest absolute Gasteiger partial charge is 0.415 e. The summed E-state index contributed by atoms with van der Waals surface area (Å²) in [6.45, 7) is 3.97. The average Bonchev–Trinajstić information content (AvgIpc) is 3.41. The Labute approximate surface area is 186 Å². The molecule has 1 aromatic heterocycles. The molecule has 31 heavy (non-hydrogen) atoms. The molecule has 1 heterocycles. The van der Waals surface area contributed by atoms with Crippen LogP contribution in [0.5, 0.6) is 0 Å². The first kappa shape index (κ1) is 23.0. The number of imide groups is 1. The van der Waals surface area contributed by atoms with Crippen LogP contribution in [0.4, 0.5) is 0 Å². The van der Waals surface area contributed by atoms with Crippen LogP contribution < -0.4 is 10.6 Å². The van der Waals surface area contributed by atoms with Crippen LogP contribution in [0.15, 0.2) is 40.0 Å². The minimum absolute atomic E-state index is 0.194. The van der Waals surface area contributed by atoms with E-state index in [1.165, 1.54) is 11.8 Å². The number of hydrogen-bond acceptors (Lipinski definition) is 7. The molecule has 8 nitrogen and oxygen atoms in total. The highest BCUT2D eigenvalue weighted by atomic mass is 32.2. The van der Waals surface area contributed by atoms with Gasteiger partial charge in [-0.3, -0.25) is 19.7 Å². The molecule has 0 saturated heterocycles. The summed E-state index contributed by atoms with van der Waals surface area (Å²) in [4.78, 5) is 38.4. The number of thioether (sulfide) groups is 1. The lowest BCUT2D eigenvalue weighted by atomic mass is 9.95. The molecule has 0 spiro atoms. The highest BCUT2D eigenvalue weighted by Gasteiger charge is 2.37. The summed E-state index contributed by atoms with van der Waals surface area (Å²) in [6.07, 6.45) is 4.41. The number of aromatic nitrogens is 2. The third-order valence-corrected chi connectivity index (χ3v) is 5.88. The van der Waals surface area contributed by atoms with Crippen molar-refractivity contribution >= 4 is 29.5 Å². The fraction of sp³-hybridized carbons (Fsp3) is 0.500. The molecule has 0 radical (unpaired) electrons. The zero-order chi connectivity index (χ0) is 22.4. The third kappa shape index (κ3) is 5.94. The molecule has 0 aliphatic heterocycles. The van der Waals surface area contributed by atoms with Gasteiger partial charge in [0, 0.05) is 11.6 Å². The molecule has 1 saturated carbocycles. The van der Waals surface area contributed by atoms with E-state index in [-0.39, 0.29) is 29.7 Å². The summed E-state index contributed by atoms with van der Waals surface area (Å²) in [5, 5.41) is 13.8. The average molecular weight is 445 g/mol. The van der Waals surface area contributed by atoms with Crippen molar-refractivity contribution in [2.45, 2.75) is 56.7 Å². The van der Waals surface area contributed by atoms with Gasteiger partial charge in [0.05, 0.1) is 5.92 Å². The molecule has 1 aromatic carbocycles. The van der Waals surface area contributed by atoms with Gasteiger partial charge < -0.3 is 9.73 Å². The topological polar surface area (TPSA) is 114 Å². The van der Waals surface area contributed by atoms with Crippen molar-refractivity contribution in [3.8, 4) is 0 Å². The Morgan fingerprint density at radius 3 is 2.55 bits per heavy atom. The van der Waals surface area contributed by atoms with Gasteiger partial charge in [0.25, 0.3) is 11.1 Å². The maximum absolute atomic E-state index is 12.9. The smallest absolute Gasteiger partial charge is 0.276 e. The van der Waals surface area contributed by atoms with Crippen molar-refractivity contribution in [3.63, 3.8) is 0 Å². The summed E-state index contributed by atoms with van der Waals surface area (Å²) in [6, 6.07) is 8.57. The zero-order valence-electron chi connectivity index (χ0n) is 18.0. The Kier molecular flexibility index (Phi) is 7.84. The first-order valence-corrected chi connectivity index (χ1v) is 11.7. The SMILES string of the molecule is CSc1nnc([C@H](CC(C)C)C(=O)NC(=O)[C@@H]2CCC[C@@H]2NC(=O)c2ccccc2)o1. The second-order valence-corrected chi connectivity index (χ2v) is 8.89. The first-order chi connectivity index (χ1) is 14.9. The number of hydrogen-bond donors (Lipinski definition) is 2. The minimum Gasteiger partial charge on any atom is -0.415 e. The zero-order valence-corrected chi connectivity index (χ0v) is 18.8. The Hall–Kier alpha value is -2.68. The van der Waals surface area contributed by atoms with Crippen LogP contribution in [-0.2, 0) is 9.59 Å². The first-order valence-electron chi connectivity index (χ1n) is 10.5. The fourth-order valence-electron chi connectivity index (χ4n) is 3.82. The Balaban J connectivity index is 1.66. The monoisotopic (exact) mass is 444 g/mol. The van der Waals surface area contributed by atoms with E-state index in [0.29, 0.717) is 30.0 Å². The number of nitrogens with zero attached hydrogens (tertiary/aromatic N) is 2. The van der Waals surface area contributed by atoms with Crippen molar-refractivity contribution in [2.24, 2.45) is 11.8 Å². The van der Waals surface area contributed by atoms with Crippen LogP contribution in [0, 0.1) is 11.8 Å². The number of carbonyl (C=O) groups excluding carboxylic acids is 3. The van der Waals surface area contributed by atoms with Crippen molar-refractivity contribution < 1.29 is 18.8 Å². The molecule has 0 unspecified atom stereocenters. The molecule has 166 valence electrons. The predicted octanol–water partition coefficient (Wildman–Crippen LogP) is 3.16. The van der Waals surface area contributed by atoms with Crippen molar-refractivity contribution in [3.05, 3.63) is 41.8 Å². The van der Waals surface area contributed by atoms with Crippen LogP contribution in [-0.4, -0.2) is 40.2 Å². The van der Waals surface area contributed by atoms with Crippen molar-refractivity contribution in [2.75, 3.05) is 6.26 Å². The Bertz CT molecular complexity index is 915. The lowest BCUT2D eigenvalue weighted by molar-refractivity contribution is -0.134. The van der Waals surface area contributed by atoms with E-state index in [4.69, 9.17) is 4.42 Å². The molecular weight excluding hydrogens is 416 g/mol. The standard InChI is InChI=1S/C22H28N4O4S/c1-13(2)12-16(21-25-26-22(30-21)31-3)20(29)24-19(28)15-10-7-11-17(15)23-18(27)14-8-5-4-6-9-14/h4-6,8-9,13,15-17H,7,10-12H2,1-3H3,(H,23,27)(H,24,28,29)/t15-,16-,17+/m1/s1. The molecule has 1 aliphatic rings. The summed E-state index contributed by atoms with van der Waals surface area (Å²) < 4.78 is 5.56. The van der Waals surface area contributed by atoms with Gasteiger partial charge in [-0.2, -0.15) is 0 Å². The van der Waals surface area contributed by atoms with Gasteiger partial charge in [-0.05, 0) is 43.6 Å². The maximum Gasteiger partial charge on any atom is 0.276 e. The summed E-state index contributed by atoms with van der Waals surface area (Å²) in [5.41, 5.74) is 0.544. The molecule has 2 aromatic rings. The second-order valence-electron chi connectivity index (χ2n) is 8.13. The number of carbonyl (C=O) groups is 3. The Morgan fingerprint density at radius 2 is 1.90 bits per heavy atom. The normalized spacial score (nSPS) is 19.2. The molecule has 1 aliphatic carbocycles. The van der Waals surface area contributed by atoms with Gasteiger partial charge in [0.1, 0.15) is 5.92 Å². The van der Waals surface area contributed by atoms with Gasteiger partial charge in [-0.25, -0.2) is 0 Å². The minimum atomic E-state index is -0.698. The number of nitrogens with one attached hydrogen (secondary N) is 2. The lowest BCUT2D eigenvalue weighted by Crippen LogP contribution is -2.46. The van der Waals surface area contributed by atoms with E-state index in [2.05, 4.69) is 20.8 Å². The van der Waals surface area contributed by atoms with E-state index in [9.17, 15) is 14.4 Å². The molecule has 3 atom stereocenters. The summed E-state index contributed by atoms with van der Waals surface area (Å²) >= 11 is 1.30. The third-order valence-electron chi connectivity index (χ3n) is 5.37. The van der Waals surface area contributed by atoms with Gasteiger partial charge in [-0.1, -0.05) is 50.2 Å². The highest BCUT2D eigenvalue weighted by Crippen LogP contribution is 2.28. The van der Waals surface area contributed by atoms with Gasteiger partial charge in [0.15, 0.2) is 0 Å². The van der Waals surface area contributed by atoms with Gasteiger partial charge >= 0.3 is 0 Å². The second kappa shape index (κ2) is 10.6. The number of amides is 3. The van der Waals surface area contributed by atoms with Crippen LogP contribution in [0.3, 0.4) is 0 Å². The molecule has 9 heteroatoms. The Morgan fingerprint density at radius 1 is 1.16 bits per heavy atom. The van der Waals surface area contributed by atoms with E-state index >= 15 is 0 Å². The molecular formula is C22H28N4O4S. The van der Waals surface area contributed by atoms with Crippen LogP contribution in [0.1, 0.15) is 61.7 Å². The van der Waals surface area contributed by atoms with E-state index in [1.807, 2.05) is 26.2 Å². The van der Waals surface area contributed by atoms with Crippen molar-refractivity contribution in [1.82, 2.24) is 20.8 Å².